The monoisotopic (exact) mass is 295 g/mol. The van der Waals surface area contributed by atoms with E-state index in [1.54, 1.807) is 12.3 Å². The Morgan fingerprint density at radius 2 is 2.29 bits per heavy atom. The summed E-state index contributed by atoms with van der Waals surface area (Å²) in [6.07, 6.45) is 7.03. The minimum atomic E-state index is -1.05. The third-order valence-corrected chi connectivity index (χ3v) is 3.85. The minimum absolute atomic E-state index is 0.829. The molecule has 0 saturated carbocycles. The SMILES string of the molecule is C=CC(=C)/C(=C\NC(C)F)CCNCCCC1CCNC1. The fourth-order valence-corrected chi connectivity index (χ4v) is 2.50. The molecule has 0 radical (unpaired) electrons. The van der Waals surface area contributed by atoms with Gasteiger partial charge in [-0.25, -0.2) is 4.39 Å². The van der Waals surface area contributed by atoms with Crippen LogP contribution in [0.25, 0.3) is 0 Å². The Kier molecular flexibility index (Phi) is 9.02. The number of allylic oxidation sites excluding steroid dienone is 2. The minimum Gasteiger partial charge on any atom is -0.362 e. The Labute approximate surface area is 128 Å². The van der Waals surface area contributed by atoms with Crippen LogP contribution in [-0.4, -0.2) is 32.5 Å². The highest BCUT2D eigenvalue weighted by Gasteiger charge is 2.13. The fraction of sp³-hybridized carbons (Fsp3) is 0.647. The molecule has 0 spiro atoms. The van der Waals surface area contributed by atoms with E-state index < -0.39 is 6.30 Å². The first kappa shape index (κ1) is 17.9. The molecule has 4 heteroatoms. The number of nitrogens with one attached hydrogen (secondary N) is 3. The van der Waals surface area contributed by atoms with Crippen LogP contribution in [0.2, 0.25) is 0 Å². The smallest absolute Gasteiger partial charge is 0.166 e. The molecule has 1 heterocycles. The van der Waals surface area contributed by atoms with Crippen LogP contribution in [0.1, 0.15) is 32.6 Å². The lowest BCUT2D eigenvalue weighted by molar-refractivity contribution is 0.328. The van der Waals surface area contributed by atoms with Crippen LogP contribution >= 0.6 is 0 Å². The molecule has 0 amide bonds. The summed E-state index contributed by atoms with van der Waals surface area (Å²) in [5.74, 6) is 0.859. The quantitative estimate of drug-likeness (QED) is 0.312. The summed E-state index contributed by atoms with van der Waals surface area (Å²) in [5.41, 5.74) is 1.85. The summed E-state index contributed by atoms with van der Waals surface area (Å²) >= 11 is 0. The van der Waals surface area contributed by atoms with E-state index in [0.29, 0.717) is 0 Å². The standard InChI is InChI=1S/C17H30FN3/c1-4-14(2)17(13-21-15(3)18)8-11-19-9-5-6-16-7-10-20-12-16/h4,13,15-16,19-21H,1-2,5-12H2,3H3/b17-13-. The van der Waals surface area contributed by atoms with Crippen LogP contribution < -0.4 is 16.0 Å². The number of hydrogen-bond donors (Lipinski definition) is 3. The van der Waals surface area contributed by atoms with Crippen LogP contribution in [0.3, 0.4) is 0 Å². The van der Waals surface area contributed by atoms with Gasteiger partial charge in [-0.2, -0.15) is 0 Å². The lowest BCUT2D eigenvalue weighted by Crippen LogP contribution is -2.20. The molecule has 1 fully saturated rings. The van der Waals surface area contributed by atoms with Crippen LogP contribution in [0, 0.1) is 5.92 Å². The second-order valence-electron chi connectivity index (χ2n) is 5.68. The molecule has 0 aliphatic carbocycles. The maximum Gasteiger partial charge on any atom is 0.166 e. The Morgan fingerprint density at radius 3 is 2.90 bits per heavy atom. The summed E-state index contributed by atoms with van der Waals surface area (Å²) in [7, 11) is 0. The predicted octanol–water partition coefficient (Wildman–Crippen LogP) is 2.89. The van der Waals surface area contributed by atoms with Crippen LogP contribution in [0.15, 0.2) is 36.6 Å². The maximum atomic E-state index is 12.8. The molecule has 1 rings (SSSR count). The third kappa shape index (κ3) is 8.02. The molecule has 0 bridgehead atoms. The van der Waals surface area contributed by atoms with E-state index in [1.807, 2.05) is 0 Å². The highest BCUT2D eigenvalue weighted by molar-refractivity contribution is 5.35. The number of rotatable bonds is 11. The van der Waals surface area contributed by atoms with Crippen molar-refractivity contribution in [3.8, 4) is 0 Å². The average molecular weight is 295 g/mol. The van der Waals surface area contributed by atoms with Crippen molar-refractivity contribution in [2.24, 2.45) is 5.92 Å². The molecule has 0 aromatic heterocycles. The van der Waals surface area contributed by atoms with E-state index in [9.17, 15) is 4.39 Å². The predicted molar refractivity (Wildman–Crippen MR) is 88.8 cm³/mol. The number of halogens is 1. The molecular weight excluding hydrogens is 265 g/mol. The molecule has 2 unspecified atom stereocenters. The molecule has 2 atom stereocenters. The van der Waals surface area contributed by atoms with Gasteiger partial charge in [-0.1, -0.05) is 19.2 Å². The van der Waals surface area contributed by atoms with E-state index in [-0.39, 0.29) is 0 Å². The maximum absolute atomic E-state index is 12.8. The van der Waals surface area contributed by atoms with Gasteiger partial charge >= 0.3 is 0 Å². The van der Waals surface area contributed by atoms with Gasteiger partial charge in [0.25, 0.3) is 0 Å². The van der Waals surface area contributed by atoms with Crippen molar-refractivity contribution in [3.63, 3.8) is 0 Å². The van der Waals surface area contributed by atoms with Gasteiger partial charge in [-0.15, -0.1) is 0 Å². The highest BCUT2D eigenvalue weighted by Crippen LogP contribution is 2.14. The van der Waals surface area contributed by atoms with Gasteiger partial charge in [0, 0.05) is 6.20 Å². The van der Waals surface area contributed by atoms with E-state index >= 15 is 0 Å². The molecule has 21 heavy (non-hydrogen) atoms. The lowest BCUT2D eigenvalue weighted by Gasteiger charge is -2.11. The van der Waals surface area contributed by atoms with E-state index in [4.69, 9.17) is 0 Å². The first-order valence-corrected chi connectivity index (χ1v) is 7.95. The first-order valence-electron chi connectivity index (χ1n) is 7.95. The van der Waals surface area contributed by atoms with E-state index in [1.165, 1.54) is 39.3 Å². The number of hydrogen-bond acceptors (Lipinski definition) is 3. The lowest BCUT2D eigenvalue weighted by atomic mass is 10.0. The van der Waals surface area contributed by atoms with Gasteiger partial charge in [0.05, 0.1) is 0 Å². The van der Waals surface area contributed by atoms with Crippen molar-refractivity contribution >= 4 is 0 Å². The van der Waals surface area contributed by atoms with Gasteiger partial charge in [0.15, 0.2) is 6.30 Å². The summed E-state index contributed by atoms with van der Waals surface area (Å²) < 4.78 is 12.8. The topological polar surface area (TPSA) is 36.1 Å². The van der Waals surface area contributed by atoms with Crippen LogP contribution in [0.4, 0.5) is 4.39 Å². The molecule has 120 valence electrons. The van der Waals surface area contributed by atoms with Gasteiger partial charge in [0.1, 0.15) is 0 Å². The summed E-state index contributed by atoms with van der Waals surface area (Å²) in [4.78, 5) is 0. The van der Waals surface area contributed by atoms with Crippen molar-refractivity contribution in [1.82, 2.24) is 16.0 Å². The Balaban J connectivity index is 2.15. The zero-order valence-corrected chi connectivity index (χ0v) is 13.3. The highest BCUT2D eigenvalue weighted by atomic mass is 19.1. The van der Waals surface area contributed by atoms with Gasteiger partial charge in [0.2, 0.25) is 0 Å². The Bertz CT molecular complexity index is 344. The summed E-state index contributed by atoms with van der Waals surface area (Å²) in [6, 6.07) is 0. The van der Waals surface area contributed by atoms with Crippen molar-refractivity contribution in [2.75, 3.05) is 26.2 Å². The second kappa shape index (κ2) is 10.6. The van der Waals surface area contributed by atoms with Crippen molar-refractivity contribution in [3.05, 3.63) is 36.6 Å². The Hall–Kier alpha value is -1.13. The van der Waals surface area contributed by atoms with Crippen molar-refractivity contribution in [1.29, 1.82) is 0 Å². The molecule has 3 N–H and O–H groups in total. The number of alkyl halides is 1. The average Bonchev–Trinajstić information content (AvgIpc) is 2.97. The summed E-state index contributed by atoms with van der Waals surface area (Å²) in [6.45, 7) is 13.4. The molecule has 0 aromatic rings. The van der Waals surface area contributed by atoms with E-state index in [0.717, 1.165) is 36.6 Å². The second-order valence-corrected chi connectivity index (χ2v) is 5.68. The van der Waals surface area contributed by atoms with Gasteiger partial charge in [-0.05, 0) is 75.9 Å². The van der Waals surface area contributed by atoms with Crippen LogP contribution in [-0.2, 0) is 0 Å². The molecular formula is C17H30FN3. The van der Waals surface area contributed by atoms with Gasteiger partial charge in [-0.3, -0.25) is 0 Å². The zero-order chi connectivity index (χ0) is 15.5. The first-order chi connectivity index (χ1) is 10.1. The molecule has 3 nitrogen and oxygen atoms in total. The summed E-state index contributed by atoms with van der Waals surface area (Å²) in [5, 5.41) is 9.52. The van der Waals surface area contributed by atoms with Crippen molar-refractivity contribution in [2.45, 2.75) is 38.9 Å². The third-order valence-electron chi connectivity index (χ3n) is 3.85. The molecule has 1 aliphatic rings. The largest absolute Gasteiger partial charge is 0.362 e. The van der Waals surface area contributed by atoms with Gasteiger partial charge < -0.3 is 16.0 Å². The fourth-order valence-electron chi connectivity index (χ4n) is 2.50. The van der Waals surface area contributed by atoms with E-state index in [2.05, 4.69) is 29.1 Å². The molecule has 1 aliphatic heterocycles. The zero-order valence-electron chi connectivity index (χ0n) is 13.3. The normalized spacial score (nSPS) is 20.3. The molecule has 0 aromatic carbocycles. The Morgan fingerprint density at radius 1 is 1.48 bits per heavy atom. The van der Waals surface area contributed by atoms with Crippen molar-refractivity contribution < 1.29 is 4.39 Å². The van der Waals surface area contributed by atoms with Crippen LogP contribution in [0.5, 0.6) is 0 Å². The molecule has 1 saturated heterocycles.